The molecule has 3 heterocycles. The van der Waals surface area contributed by atoms with E-state index in [2.05, 4.69) is 15.0 Å². The molecule has 0 saturated heterocycles. The highest BCUT2D eigenvalue weighted by atomic mass is 19.4. The first-order valence-corrected chi connectivity index (χ1v) is 10.0. The Morgan fingerprint density at radius 3 is 2.61 bits per heavy atom. The summed E-state index contributed by atoms with van der Waals surface area (Å²) in [6.45, 7) is 0. The van der Waals surface area contributed by atoms with Gasteiger partial charge in [-0.05, 0) is 23.1 Å². The molecule has 5 nitrogen and oxygen atoms in total. The number of halogens is 4. The fourth-order valence-corrected chi connectivity index (χ4v) is 4.04. The normalized spacial score (nSPS) is 12.0. The van der Waals surface area contributed by atoms with Gasteiger partial charge in [-0.25, -0.2) is 14.4 Å². The molecule has 0 aliphatic rings. The van der Waals surface area contributed by atoms with Crippen molar-refractivity contribution in [2.75, 3.05) is 5.73 Å². The number of benzene rings is 2. The second-order valence-corrected chi connectivity index (χ2v) is 7.81. The Morgan fingerprint density at radius 2 is 1.82 bits per heavy atom. The van der Waals surface area contributed by atoms with Crippen LogP contribution in [0.15, 0.2) is 61.2 Å². The van der Waals surface area contributed by atoms with Crippen molar-refractivity contribution in [2.45, 2.75) is 12.6 Å². The van der Waals surface area contributed by atoms with E-state index in [0.29, 0.717) is 44.2 Å². The minimum absolute atomic E-state index is 0.195. The van der Waals surface area contributed by atoms with Gasteiger partial charge in [-0.2, -0.15) is 13.2 Å². The van der Waals surface area contributed by atoms with E-state index in [1.165, 1.54) is 18.6 Å². The smallest absolute Gasteiger partial charge is 0.383 e. The Morgan fingerprint density at radius 1 is 1.00 bits per heavy atom. The Hall–Kier alpha value is -4.01. The van der Waals surface area contributed by atoms with Gasteiger partial charge in [-0.1, -0.05) is 30.3 Å². The second-order valence-electron chi connectivity index (χ2n) is 7.81. The molecule has 0 unspecified atom stereocenters. The molecule has 0 spiro atoms. The van der Waals surface area contributed by atoms with Crippen molar-refractivity contribution in [3.63, 3.8) is 0 Å². The number of rotatable bonds is 3. The average molecular weight is 451 g/mol. The molecule has 0 atom stereocenters. The summed E-state index contributed by atoms with van der Waals surface area (Å²) in [6, 6.07) is 10.2. The highest BCUT2D eigenvalue weighted by Gasteiger charge is 2.30. The van der Waals surface area contributed by atoms with E-state index in [0.717, 1.165) is 12.1 Å². The number of aromatic nitrogens is 4. The van der Waals surface area contributed by atoms with Gasteiger partial charge >= 0.3 is 6.18 Å². The number of hydrogen-bond acceptors (Lipinski definition) is 4. The predicted octanol–water partition coefficient (Wildman–Crippen LogP) is 5.51. The van der Waals surface area contributed by atoms with Crippen molar-refractivity contribution in [1.29, 1.82) is 0 Å². The largest absolute Gasteiger partial charge is 0.416 e. The van der Waals surface area contributed by atoms with Gasteiger partial charge in [0.05, 0.1) is 10.9 Å². The van der Waals surface area contributed by atoms with E-state index in [-0.39, 0.29) is 12.2 Å². The van der Waals surface area contributed by atoms with Crippen molar-refractivity contribution in [2.24, 2.45) is 7.05 Å². The van der Waals surface area contributed by atoms with Crippen LogP contribution in [-0.2, 0) is 19.6 Å². The molecule has 33 heavy (non-hydrogen) atoms. The van der Waals surface area contributed by atoms with Crippen LogP contribution in [0, 0.1) is 5.82 Å². The lowest BCUT2D eigenvalue weighted by Gasteiger charge is -2.10. The Balaban J connectivity index is 1.55. The zero-order valence-electron chi connectivity index (χ0n) is 17.4. The monoisotopic (exact) mass is 451 g/mol. The Bertz CT molecular complexity index is 1520. The topological polar surface area (TPSA) is 69.6 Å². The predicted molar refractivity (Wildman–Crippen MR) is 118 cm³/mol. The quantitative estimate of drug-likeness (QED) is 0.367. The Labute approximate surface area is 185 Å². The summed E-state index contributed by atoms with van der Waals surface area (Å²) in [6.07, 6.45) is 0.286. The fourth-order valence-electron chi connectivity index (χ4n) is 4.04. The van der Waals surface area contributed by atoms with E-state index < -0.39 is 17.6 Å². The molecule has 0 aliphatic carbocycles. The summed E-state index contributed by atoms with van der Waals surface area (Å²) in [5.41, 5.74) is 7.82. The van der Waals surface area contributed by atoms with E-state index in [9.17, 15) is 13.2 Å². The van der Waals surface area contributed by atoms with Gasteiger partial charge in [0.2, 0.25) is 0 Å². The second kappa shape index (κ2) is 7.54. The minimum Gasteiger partial charge on any atom is -0.383 e. The summed E-state index contributed by atoms with van der Waals surface area (Å²) < 4.78 is 56.2. The van der Waals surface area contributed by atoms with Crippen molar-refractivity contribution in [1.82, 2.24) is 19.5 Å². The number of nitrogen functional groups attached to an aromatic ring is 1. The summed E-state index contributed by atoms with van der Waals surface area (Å²) in [4.78, 5) is 12.5. The summed E-state index contributed by atoms with van der Waals surface area (Å²) in [7, 11) is 1.79. The van der Waals surface area contributed by atoms with Crippen molar-refractivity contribution in [3.05, 3.63) is 83.8 Å². The summed E-state index contributed by atoms with van der Waals surface area (Å²) in [5, 5.41) is 1.46. The first kappa shape index (κ1) is 20.9. The maximum atomic E-state index is 15.5. The highest BCUT2D eigenvalue weighted by Crippen LogP contribution is 2.36. The third-order valence-electron chi connectivity index (χ3n) is 5.61. The maximum Gasteiger partial charge on any atom is 0.416 e. The number of hydrogen-bond donors (Lipinski definition) is 1. The molecule has 0 bridgehead atoms. The molecule has 9 heteroatoms. The van der Waals surface area contributed by atoms with Crippen LogP contribution in [0.1, 0.15) is 16.8 Å². The molecular weight excluding hydrogens is 434 g/mol. The molecule has 0 fully saturated rings. The molecular formula is C24H17F4N5. The van der Waals surface area contributed by atoms with Crippen LogP contribution < -0.4 is 5.73 Å². The zero-order valence-corrected chi connectivity index (χ0v) is 17.4. The average Bonchev–Trinajstić information content (AvgIpc) is 3.11. The molecule has 5 rings (SSSR count). The zero-order chi connectivity index (χ0) is 23.3. The van der Waals surface area contributed by atoms with Crippen LogP contribution in [0.3, 0.4) is 0 Å². The molecule has 0 aliphatic heterocycles. The van der Waals surface area contributed by atoms with Crippen molar-refractivity contribution < 1.29 is 17.6 Å². The van der Waals surface area contributed by atoms with Crippen LogP contribution in [-0.4, -0.2) is 19.5 Å². The number of pyridine rings is 1. The van der Waals surface area contributed by atoms with Crippen LogP contribution >= 0.6 is 0 Å². The van der Waals surface area contributed by atoms with Crippen LogP contribution in [0.4, 0.5) is 23.4 Å². The molecule has 0 amide bonds. The number of anilines is 1. The molecule has 3 aromatic heterocycles. The number of nitrogens with zero attached hydrogens (tertiary/aromatic N) is 4. The van der Waals surface area contributed by atoms with Gasteiger partial charge in [0.1, 0.15) is 23.6 Å². The van der Waals surface area contributed by atoms with Crippen LogP contribution in [0.5, 0.6) is 0 Å². The third kappa shape index (κ3) is 3.65. The van der Waals surface area contributed by atoms with Crippen molar-refractivity contribution in [3.8, 4) is 11.1 Å². The first-order chi connectivity index (χ1) is 15.7. The molecule has 5 aromatic rings. The standard InChI is InChI=1S/C24H17F4N5/c1-33-11-19(20-22(29)31-12-32-23(20)33)17-6-5-14-9-16(30-10-18(14)21(17)25)8-13-3-2-4-15(7-13)24(26,27)28/h2-7,9-12H,8H2,1H3,(H2,29,31,32). The van der Waals surface area contributed by atoms with Gasteiger partial charge in [-0.15, -0.1) is 0 Å². The van der Waals surface area contributed by atoms with Crippen molar-refractivity contribution >= 4 is 27.6 Å². The Kier molecular flexibility index (Phi) is 4.77. The van der Waals surface area contributed by atoms with E-state index >= 15 is 4.39 Å². The molecule has 166 valence electrons. The lowest BCUT2D eigenvalue weighted by Crippen LogP contribution is -2.05. The lowest BCUT2D eigenvalue weighted by atomic mass is 10.00. The number of alkyl halides is 3. The van der Waals surface area contributed by atoms with Gasteiger partial charge in [-0.3, -0.25) is 4.98 Å². The molecule has 2 N–H and O–H groups in total. The van der Waals surface area contributed by atoms with Crippen LogP contribution in [0.2, 0.25) is 0 Å². The fraction of sp³-hybridized carbons (Fsp3) is 0.125. The van der Waals surface area contributed by atoms with Gasteiger partial charge in [0.15, 0.2) is 0 Å². The molecule has 0 radical (unpaired) electrons. The van der Waals surface area contributed by atoms with Gasteiger partial charge in [0.25, 0.3) is 0 Å². The number of fused-ring (bicyclic) bond motifs is 2. The highest BCUT2D eigenvalue weighted by molar-refractivity contribution is 6.02. The van der Waals surface area contributed by atoms with E-state index in [1.807, 2.05) is 0 Å². The molecule has 2 aromatic carbocycles. The third-order valence-corrected chi connectivity index (χ3v) is 5.61. The summed E-state index contributed by atoms with van der Waals surface area (Å²) in [5.74, 6) is -0.217. The van der Waals surface area contributed by atoms with Crippen LogP contribution in [0.25, 0.3) is 32.9 Å². The first-order valence-electron chi connectivity index (χ1n) is 10.0. The van der Waals surface area contributed by atoms with E-state index in [4.69, 9.17) is 5.73 Å². The SMILES string of the molecule is Cn1cc(-c2ccc3cc(Cc4cccc(C(F)(F)F)c4)ncc3c2F)c2c(N)ncnc21. The van der Waals surface area contributed by atoms with Gasteiger partial charge < -0.3 is 10.3 Å². The van der Waals surface area contributed by atoms with E-state index in [1.54, 1.807) is 42.1 Å². The molecule has 0 saturated carbocycles. The maximum absolute atomic E-state index is 15.5. The minimum atomic E-state index is -4.41. The lowest BCUT2D eigenvalue weighted by molar-refractivity contribution is -0.137. The van der Waals surface area contributed by atoms with Gasteiger partial charge in [0, 0.05) is 48.1 Å². The number of aryl methyl sites for hydroxylation is 1. The summed E-state index contributed by atoms with van der Waals surface area (Å²) >= 11 is 0. The number of nitrogens with two attached hydrogens (primary N) is 1.